The fourth-order valence-electron chi connectivity index (χ4n) is 1.94. The number of rotatable bonds is 3. The van der Waals surface area contributed by atoms with Crippen molar-refractivity contribution in [2.45, 2.75) is 0 Å². The third-order valence-corrected chi connectivity index (χ3v) is 2.97. The second-order valence-corrected chi connectivity index (χ2v) is 4.38. The minimum Gasteiger partial charge on any atom is -0.504 e. The summed E-state index contributed by atoms with van der Waals surface area (Å²) in [6, 6.07) is 13.5. The van der Waals surface area contributed by atoms with Gasteiger partial charge < -0.3 is 9.84 Å². The van der Waals surface area contributed by atoms with Crippen LogP contribution in [0.2, 0.25) is 0 Å². The van der Waals surface area contributed by atoms with Crippen molar-refractivity contribution in [3.63, 3.8) is 0 Å². The van der Waals surface area contributed by atoms with Crippen LogP contribution in [0, 0.1) is 10.1 Å². The molecule has 1 N–H and O–H groups in total. The van der Waals surface area contributed by atoms with Crippen LogP contribution >= 0.6 is 0 Å². The molecule has 1 heterocycles. The van der Waals surface area contributed by atoms with Crippen LogP contribution in [-0.2, 0) is 0 Å². The van der Waals surface area contributed by atoms with Crippen LogP contribution in [0.1, 0.15) is 0 Å². The molecule has 0 bridgehead atoms. The van der Waals surface area contributed by atoms with Gasteiger partial charge in [-0.2, -0.15) is 0 Å². The van der Waals surface area contributed by atoms with Gasteiger partial charge in [-0.3, -0.25) is 10.1 Å². The van der Waals surface area contributed by atoms with Crippen molar-refractivity contribution < 1.29 is 14.8 Å². The van der Waals surface area contributed by atoms with E-state index in [1.807, 2.05) is 24.3 Å². The molecule has 6 heteroatoms. The second kappa shape index (κ2) is 5.09. The zero-order valence-corrected chi connectivity index (χ0v) is 10.8. The first-order valence-electron chi connectivity index (χ1n) is 6.13. The first-order valence-corrected chi connectivity index (χ1v) is 6.13. The number of nitro groups is 1. The number of aromatic nitrogens is 1. The molecule has 0 saturated carbocycles. The summed E-state index contributed by atoms with van der Waals surface area (Å²) in [5.41, 5.74) is -0.120. The van der Waals surface area contributed by atoms with Gasteiger partial charge in [-0.15, -0.1) is 0 Å². The smallest absolute Gasteiger partial charge is 0.287 e. The van der Waals surface area contributed by atoms with Crippen molar-refractivity contribution in [2.24, 2.45) is 0 Å². The number of benzene rings is 2. The SMILES string of the molecule is O=[N+]([O-])c1ccc(Oc2cc3ccccc3cc2O)nc1. The highest BCUT2D eigenvalue weighted by molar-refractivity contribution is 5.85. The maximum Gasteiger partial charge on any atom is 0.287 e. The quantitative estimate of drug-likeness (QED) is 0.585. The maximum absolute atomic E-state index is 10.6. The van der Waals surface area contributed by atoms with Gasteiger partial charge in [0.1, 0.15) is 6.20 Å². The fraction of sp³-hybridized carbons (Fsp3) is 0. The summed E-state index contributed by atoms with van der Waals surface area (Å²) in [5.74, 6) is 0.398. The van der Waals surface area contributed by atoms with Crippen LogP contribution in [0.25, 0.3) is 10.8 Å². The van der Waals surface area contributed by atoms with Gasteiger partial charge in [0, 0.05) is 12.1 Å². The summed E-state index contributed by atoms with van der Waals surface area (Å²) >= 11 is 0. The molecule has 6 nitrogen and oxygen atoms in total. The van der Waals surface area contributed by atoms with Gasteiger partial charge in [0.25, 0.3) is 5.69 Å². The van der Waals surface area contributed by atoms with E-state index < -0.39 is 4.92 Å². The lowest BCUT2D eigenvalue weighted by Crippen LogP contribution is -1.92. The molecule has 0 unspecified atom stereocenters. The Kier molecular flexibility index (Phi) is 3.12. The lowest BCUT2D eigenvalue weighted by atomic mass is 10.1. The molecule has 0 spiro atoms. The Morgan fingerprint density at radius 3 is 2.43 bits per heavy atom. The van der Waals surface area contributed by atoms with Gasteiger partial charge in [-0.05, 0) is 22.9 Å². The zero-order chi connectivity index (χ0) is 14.8. The first-order chi connectivity index (χ1) is 10.1. The molecule has 1 aromatic heterocycles. The van der Waals surface area contributed by atoms with Crippen molar-refractivity contribution in [2.75, 3.05) is 0 Å². The van der Waals surface area contributed by atoms with Gasteiger partial charge in [0.15, 0.2) is 11.5 Å². The van der Waals surface area contributed by atoms with E-state index in [0.29, 0.717) is 0 Å². The van der Waals surface area contributed by atoms with Crippen molar-refractivity contribution >= 4 is 16.5 Å². The molecule has 2 aromatic carbocycles. The second-order valence-electron chi connectivity index (χ2n) is 4.38. The number of hydrogen-bond donors (Lipinski definition) is 1. The van der Waals surface area contributed by atoms with Gasteiger partial charge >= 0.3 is 0 Å². The molecule has 0 atom stereocenters. The monoisotopic (exact) mass is 282 g/mol. The highest BCUT2D eigenvalue weighted by Crippen LogP contribution is 2.34. The standard InChI is InChI=1S/C15H10N2O4/c18-13-7-10-3-1-2-4-11(10)8-14(13)21-15-6-5-12(9-16-15)17(19)20/h1-9,18H. The van der Waals surface area contributed by atoms with E-state index in [0.717, 1.165) is 17.0 Å². The molecular weight excluding hydrogens is 272 g/mol. The van der Waals surface area contributed by atoms with Crippen molar-refractivity contribution in [3.05, 3.63) is 64.8 Å². The Morgan fingerprint density at radius 2 is 1.81 bits per heavy atom. The molecule has 0 saturated heterocycles. The largest absolute Gasteiger partial charge is 0.504 e. The van der Waals surface area contributed by atoms with Crippen LogP contribution < -0.4 is 4.74 Å². The molecule has 0 aliphatic heterocycles. The van der Waals surface area contributed by atoms with E-state index in [1.54, 1.807) is 12.1 Å². The highest BCUT2D eigenvalue weighted by atomic mass is 16.6. The summed E-state index contributed by atoms with van der Waals surface area (Å²) < 4.78 is 5.47. The van der Waals surface area contributed by atoms with Gasteiger partial charge in [-0.1, -0.05) is 24.3 Å². The highest BCUT2D eigenvalue weighted by Gasteiger charge is 2.09. The van der Waals surface area contributed by atoms with Crippen LogP contribution in [0.4, 0.5) is 5.69 Å². The number of phenolic OH excluding ortho intramolecular Hbond substituents is 1. The van der Waals surface area contributed by atoms with E-state index in [4.69, 9.17) is 4.74 Å². The van der Waals surface area contributed by atoms with E-state index in [1.165, 1.54) is 12.1 Å². The molecule has 21 heavy (non-hydrogen) atoms. The molecule has 0 amide bonds. The molecule has 0 aliphatic rings. The average Bonchev–Trinajstić information content (AvgIpc) is 2.48. The number of ether oxygens (including phenoxy) is 1. The van der Waals surface area contributed by atoms with E-state index in [2.05, 4.69) is 4.98 Å². The lowest BCUT2D eigenvalue weighted by Gasteiger charge is -2.08. The molecule has 0 fully saturated rings. The van der Waals surface area contributed by atoms with Crippen LogP contribution in [-0.4, -0.2) is 15.0 Å². The molecule has 0 radical (unpaired) electrons. The minimum absolute atomic E-state index is 0.0196. The average molecular weight is 282 g/mol. The molecule has 104 valence electrons. The van der Waals surface area contributed by atoms with Crippen LogP contribution in [0.15, 0.2) is 54.7 Å². The Morgan fingerprint density at radius 1 is 1.10 bits per heavy atom. The topological polar surface area (TPSA) is 85.5 Å². The Labute approximate surface area is 119 Å². The minimum atomic E-state index is -0.537. The van der Waals surface area contributed by atoms with Gasteiger partial charge in [-0.25, -0.2) is 4.98 Å². The lowest BCUT2D eigenvalue weighted by molar-refractivity contribution is -0.385. The number of nitrogens with zero attached hydrogens (tertiary/aromatic N) is 2. The molecule has 0 aliphatic carbocycles. The predicted octanol–water partition coefficient (Wildman–Crippen LogP) is 3.64. The number of hydrogen-bond acceptors (Lipinski definition) is 5. The van der Waals surface area contributed by atoms with Gasteiger partial charge in [0.05, 0.1) is 4.92 Å². The van der Waals surface area contributed by atoms with Gasteiger partial charge in [0.2, 0.25) is 5.88 Å². The number of phenols is 1. The Bertz CT molecular complexity index is 816. The third kappa shape index (κ3) is 2.59. The van der Waals surface area contributed by atoms with Crippen molar-refractivity contribution in [3.8, 4) is 17.4 Å². The number of aromatic hydroxyl groups is 1. The van der Waals surface area contributed by atoms with Crippen molar-refractivity contribution in [1.82, 2.24) is 4.98 Å². The first kappa shape index (κ1) is 12.9. The molecule has 3 aromatic rings. The Hall–Kier alpha value is -3.15. The van der Waals surface area contributed by atoms with Crippen molar-refractivity contribution in [1.29, 1.82) is 0 Å². The van der Waals surface area contributed by atoms with Crippen LogP contribution in [0.5, 0.6) is 17.4 Å². The summed E-state index contributed by atoms with van der Waals surface area (Å²) in [7, 11) is 0. The maximum atomic E-state index is 10.6. The number of fused-ring (bicyclic) bond motifs is 1. The summed E-state index contributed by atoms with van der Waals surface area (Å²) in [4.78, 5) is 13.9. The summed E-state index contributed by atoms with van der Waals surface area (Å²) in [5, 5.41) is 22.3. The normalized spacial score (nSPS) is 10.5. The Balaban J connectivity index is 1.93. The van der Waals surface area contributed by atoms with E-state index in [9.17, 15) is 15.2 Å². The third-order valence-electron chi connectivity index (χ3n) is 2.97. The summed E-state index contributed by atoms with van der Waals surface area (Å²) in [6.45, 7) is 0. The van der Waals surface area contributed by atoms with E-state index in [-0.39, 0.29) is 23.1 Å². The predicted molar refractivity (Wildman–Crippen MR) is 76.6 cm³/mol. The van der Waals surface area contributed by atoms with E-state index >= 15 is 0 Å². The van der Waals surface area contributed by atoms with Crippen LogP contribution in [0.3, 0.4) is 0 Å². The number of pyridine rings is 1. The molecule has 3 rings (SSSR count). The molecular formula is C15H10N2O4. The fourth-order valence-corrected chi connectivity index (χ4v) is 1.94. The summed E-state index contributed by atoms with van der Waals surface area (Å²) in [6.07, 6.45) is 1.10. The zero-order valence-electron chi connectivity index (χ0n) is 10.8.